The van der Waals surface area contributed by atoms with Crippen LogP contribution in [-0.2, 0) is 11.3 Å². The fourth-order valence-electron chi connectivity index (χ4n) is 2.34. The van der Waals surface area contributed by atoms with Crippen LogP contribution in [-0.4, -0.2) is 23.0 Å². The summed E-state index contributed by atoms with van der Waals surface area (Å²) in [6, 6.07) is 9.59. The minimum Gasteiger partial charge on any atom is -0.452 e. The summed E-state index contributed by atoms with van der Waals surface area (Å²) in [6.45, 7) is 2.48. The number of ether oxygens (including phenoxy) is 2. The van der Waals surface area contributed by atoms with Gasteiger partial charge in [0.1, 0.15) is 5.75 Å². The lowest BCUT2D eigenvalue weighted by Gasteiger charge is -2.22. The Morgan fingerprint density at radius 1 is 1.25 bits per heavy atom. The van der Waals surface area contributed by atoms with Gasteiger partial charge in [-0.2, -0.15) is 5.10 Å². The second-order valence-electron chi connectivity index (χ2n) is 4.95. The van der Waals surface area contributed by atoms with Crippen molar-refractivity contribution in [3.8, 4) is 11.5 Å². The van der Waals surface area contributed by atoms with Crippen LogP contribution >= 0.6 is 11.6 Å². The number of benzene rings is 1. The predicted octanol–water partition coefficient (Wildman–Crippen LogP) is 3.76. The van der Waals surface area contributed by atoms with Gasteiger partial charge in [0.25, 0.3) is 0 Å². The number of hydrogen-bond donors (Lipinski definition) is 0. The van der Waals surface area contributed by atoms with E-state index in [0.717, 1.165) is 38.3 Å². The monoisotopic (exact) mass is 292 g/mol. The highest BCUT2D eigenvalue weighted by atomic mass is 35.5. The van der Waals surface area contributed by atoms with E-state index in [4.69, 9.17) is 21.1 Å². The molecular formula is C15H17ClN2O2. The molecule has 1 fully saturated rings. The number of nitrogens with zero attached hydrogens (tertiary/aromatic N) is 2. The molecule has 0 radical (unpaired) electrons. The number of rotatable bonds is 4. The zero-order valence-corrected chi connectivity index (χ0v) is 11.9. The topological polar surface area (TPSA) is 36.3 Å². The Hall–Kier alpha value is -1.52. The molecule has 4 nitrogen and oxygen atoms in total. The van der Waals surface area contributed by atoms with Crippen LogP contribution in [0.2, 0.25) is 5.15 Å². The fraction of sp³-hybridized carbons (Fsp3) is 0.400. The molecule has 2 heterocycles. The predicted molar refractivity (Wildman–Crippen MR) is 77.3 cm³/mol. The van der Waals surface area contributed by atoms with Crippen molar-refractivity contribution in [1.29, 1.82) is 0 Å². The summed E-state index contributed by atoms with van der Waals surface area (Å²) in [5.74, 6) is 1.94. The summed E-state index contributed by atoms with van der Waals surface area (Å²) >= 11 is 6.34. The van der Waals surface area contributed by atoms with Crippen LogP contribution in [0.1, 0.15) is 12.8 Å². The summed E-state index contributed by atoms with van der Waals surface area (Å²) in [5.41, 5.74) is 0. The van der Waals surface area contributed by atoms with Crippen molar-refractivity contribution in [3.05, 3.63) is 41.7 Å². The largest absolute Gasteiger partial charge is 0.452 e. The molecule has 1 aromatic heterocycles. The van der Waals surface area contributed by atoms with Gasteiger partial charge < -0.3 is 9.47 Å². The summed E-state index contributed by atoms with van der Waals surface area (Å²) in [6.07, 6.45) is 3.80. The number of para-hydroxylation sites is 1. The molecule has 1 aromatic carbocycles. The first-order valence-electron chi connectivity index (χ1n) is 6.85. The number of halogens is 1. The Labute approximate surface area is 123 Å². The Kier molecular flexibility index (Phi) is 4.23. The molecule has 5 heteroatoms. The van der Waals surface area contributed by atoms with Gasteiger partial charge in [0.2, 0.25) is 0 Å². The lowest BCUT2D eigenvalue weighted by atomic mass is 10.0. The maximum Gasteiger partial charge on any atom is 0.184 e. The molecule has 0 aliphatic carbocycles. The van der Waals surface area contributed by atoms with E-state index in [1.54, 1.807) is 6.20 Å². The van der Waals surface area contributed by atoms with Crippen molar-refractivity contribution >= 4 is 11.6 Å². The van der Waals surface area contributed by atoms with E-state index in [1.165, 1.54) is 0 Å². The second kappa shape index (κ2) is 6.29. The molecule has 0 atom stereocenters. The Balaban J connectivity index is 1.68. The molecule has 1 aliphatic heterocycles. The summed E-state index contributed by atoms with van der Waals surface area (Å²) in [4.78, 5) is 0. The summed E-state index contributed by atoms with van der Waals surface area (Å²) < 4.78 is 12.9. The van der Waals surface area contributed by atoms with Crippen LogP contribution in [0.25, 0.3) is 0 Å². The highest BCUT2D eigenvalue weighted by Crippen LogP contribution is 2.30. The second-order valence-corrected chi connectivity index (χ2v) is 5.31. The van der Waals surface area contributed by atoms with Crippen LogP contribution in [0.15, 0.2) is 36.5 Å². The molecule has 2 aromatic rings. The third kappa shape index (κ3) is 3.14. The first-order valence-corrected chi connectivity index (χ1v) is 7.22. The minimum absolute atomic E-state index is 0.556. The molecular weight excluding hydrogens is 276 g/mol. The van der Waals surface area contributed by atoms with Gasteiger partial charge in [0, 0.05) is 19.8 Å². The highest BCUT2D eigenvalue weighted by Gasteiger charge is 2.18. The van der Waals surface area contributed by atoms with Gasteiger partial charge >= 0.3 is 0 Å². The Morgan fingerprint density at radius 2 is 2.00 bits per heavy atom. The van der Waals surface area contributed by atoms with Gasteiger partial charge in [0.05, 0.1) is 6.20 Å². The van der Waals surface area contributed by atoms with Gasteiger partial charge in [-0.05, 0) is 30.9 Å². The fourth-order valence-corrected chi connectivity index (χ4v) is 2.54. The third-order valence-electron chi connectivity index (χ3n) is 3.49. The Morgan fingerprint density at radius 3 is 2.75 bits per heavy atom. The van der Waals surface area contributed by atoms with Gasteiger partial charge in [0.15, 0.2) is 10.9 Å². The SMILES string of the molecule is Clc1c(Oc2ccccc2)cnn1CC1CCOCC1. The zero-order valence-electron chi connectivity index (χ0n) is 11.2. The van der Waals surface area contributed by atoms with E-state index >= 15 is 0 Å². The van der Waals surface area contributed by atoms with Crippen molar-refractivity contribution in [1.82, 2.24) is 9.78 Å². The zero-order chi connectivity index (χ0) is 13.8. The lowest BCUT2D eigenvalue weighted by Crippen LogP contribution is -2.20. The summed E-state index contributed by atoms with van der Waals surface area (Å²) in [5, 5.41) is 4.88. The third-order valence-corrected chi connectivity index (χ3v) is 3.87. The van der Waals surface area contributed by atoms with Crippen LogP contribution < -0.4 is 4.74 Å². The van der Waals surface area contributed by atoms with Crippen molar-refractivity contribution in [2.45, 2.75) is 19.4 Å². The average Bonchev–Trinajstić information content (AvgIpc) is 2.83. The van der Waals surface area contributed by atoms with Crippen molar-refractivity contribution in [2.24, 2.45) is 5.92 Å². The molecule has 106 valence electrons. The maximum atomic E-state index is 6.34. The molecule has 3 rings (SSSR count). The van der Waals surface area contributed by atoms with E-state index in [9.17, 15) is 0 Å². The van der Waals surface area contributed by atoms with Gasteiger partial charge in [-0.3, -0.25) is 4.68 Å². The molecule has 1 aliphatic rings. The van der Waals surface area contributed by atoms with E-state index in [0.29, 0.717) is 16.8 Å². The van der Waals surface area contributed by atoms with Gasteiger partial charge in [-0.1, -0.05) is 29.8 Å². The van der Waals surface area contributed by atoms with E-state index < -0.39 is 0 Å². The molecule has 0 amide bonds. The van der Waals surface area contributed by atoms with E-state index in [2.05, 4.69) is 5.10 Å². The highest BCUT2D eigenvalue weighted by molar-refractivity contribution is 6.31. The average molecular weight is 293 g/mol. The first-order chi connectivity index (χ1) is 9.83. The van der Waals surface area contributed by atoms with E-state index in [-0.39, 0.29) is 0 Å². The van der Waals surface area contributed by atoms with Crippen molar-refractivity contribution < 1.29 is 9.47 Å². The lowest BCUT2D eigenvalue weighted by molar-refractivity contribution is 0.0601. The molecule has 0 unspecified atom stereocenters. The normalized spacial score (nSPS) is 16.2. The van der Waals surface area contributed by atoms with E-state index in [1.807, 2.05) is 35.0 Å². The molecule has 20 heavy (non-hydrogen) atoms. The first kappa shape index (κ1) is 13.5. The number of aromatic nitrogens is 2. The molecule has 1 saturated heterocycles. The maximum absolute atomic E-state index is 6.34. The molecule has 0 N–H and O–H groups in total. The Bertz CT molecular complexity index is 550. The van der Waals surface area contributed by atoms with Crippen LogP contribution in [0.4, 0.5) is 0 Å². The van der Waals surface area contributed by atoms with Crippen molar-refractivity contribution in [2.75, 3.05) is 13.2 Å². The summed E-state index contributed by atoms with van der Waals surface area (Å²) in [7, 11) is 0. The van der Waals surface area contributed by atoms with Crippen LogP contribution in [0.5, 0.6) is 11.5 Å². The minimum atomic E-state index is 0.556. The standard InChI is InChI=1S/C15H17ClN2O2/c16-15-14(20-13-4-2-1-3-5-13)10-17-18(15)11-12-6-8-19-9-7-12/h1-5,10,12H,6-9,11H2. The smallest absolute Gasteiger partial charge is 0.184 e. The molecule has 0 spiro atoms. The van der Waals surface area contributed by atoms with Crippen LogP contribution in [0.3, 0.4) is 0 Å². The van der Waals surface area contributed by atoms with Gasteiger partial charge in [-0.15, -0.1) is 0 Å². The van der Waals surface area contributed by atoms with Gasteiger partial charge in [-0.25, -0.2) is 0 Å². The number of hydrogen-bond acceptors (Lipinski definition) is 3. The molecule has 0 bridgehead atoms. The molecule has 0 saturated carbocycles. The van der Waals surface area contributed by atoms with Crippen LogP contribution in [0, 0.1) is 5.92 Å². The van der Waals surface area contributed by atoms with Crippen molar-refractivity contribution in [3.63, 3.8) is 0 Å². The quantitative estimate of drug-likeness (QED) is 0.861.